The van der Waals surface area contributed by atoms with E-state index in [-0.39, 0.29) is 102 Å². The Kier molecular flexibility index (Phi) is 63.0. The molecule has 0 radical (unpaired) electrons. The summed E-state index contributed by atoms with van der Waals surface area (Å²) in [4.78, 5) is 52.7. The number of aromatic nitrogens is 8. The van der Waals surface area contributed by atoms with Crippen LogP contribution in [0.5, 0.6) is 0 Å². The molecule has 18 nitrogen and oxygen atoms in total. The molecule has 22 heteroatoms. The first kappa shape index (κ1) is 105. The Morgan fingerprint density at radius 2 is 0.836 bits per heavy atom. The number of carboxylic acids is 4. The Morgan fingerprint density at radius 3 is 1.26 bits per heavy atom. The topological polar surface area (TPSA) is 211 Å². The highest BCUT2D eigenvalue weighted by atomic mass is 127. The molecular formula is C88H138I4N8O10. The van der Waals surface area contributed by atoms with Gasteiger partial charge in [0, 0.05) is 51.2 Å². The number of hydrogen-bond acceptors (Lipinski definition) is 6. The second-order valence-electron chi connectivity index (χ2n) is 29.5. The summed E-state index contributed by atoms with van der Waals surface area (Å²) >= 11 is 0. The molecule has 4 N–H and O–H groups in total. The van der Waals surface area contributed by atoms with Crippen LogP contribution >= 0.6 is 0 Å². The highest BCUT2D eigenvalue weighted by Gasteiger charge is 2.25. The molecule has 0 aliphatic rings. The molecular weight excluding hydrogens is 1840 g/mol. The van der Waals surface area contributed by atoms with Crippen LogP contribution in [0.25, 0.3) is 28.2 Å². The molecule has 0 aliphatic carbocycles. The fourth-order valence-electron chi connectivity index (χ4n) is 13.6. The molecule has 0 fully saturated rings. The van der Waals surface area contributed by atoms with Gasteiger partial charge in [0.15, 0.2) is 17.5 Å². The fourth-order valence-corrected chi connectivity index (χ4v) is 13.6. The van der Waals surface area contributed by atoms with E-state index in [1.165, 1.54) is 206 Å². The Labute approximate surface area is 729 Å². The van der Waals surface area contributed by atoms with Crippen molar-refractivity contribution in [1.82, 2.24) is 18.3 Å². The van der Waals surface area contributed by atoms with Gasteiger partial charge >= 0.3 is 23.9 Å². The number of aliphatic carboxylic acids is 4. The van der Waals surface area contributed by atoms with Gasteiger partial charge in [0.1, 0.15) is 41.9 Å². The number of carbonyl (C=O) groups is 5. The highest BCUT2D eigenvalue weighted by molar-refractivity contribution is 5.76. The molecule has 4 heterocycles. The molecule has 7 aromatic rings. The number of aryl methyl sites for hydroxylation is 7. The zero-order chi connectivity index (χ0) is 76.8. The van der Waals surface area contributed by atoms with Crippen molar-refractivity contribution in [3.8, 4) is 28.2 Å². The van der Waals surface area contributed by atoms with Crippen LogP contribution in [0.1, 0.15) is 281 Å². The Morgan fingerprint density at radius 1 is 0.427 bits per heavy atom. The van der Waals surface area contributed by atoms with Gasteiger partial charge in [-0.15, -0.1) is 0 Å². The maximum absolute atomic E-state index is 11.0. The van der Waals surface area contributed by atoms with E-state index < -0.39 is 30.0 Å². The second-order valence-corrected chi connectivity index (χ2v) is 29.5. The van der Waals surface area contributed by atoms with Crippen LogP contribution in [-0.4, -0.2) is 75.1 Å². The average molecular weight is 1980 g/mol. The third kappa shape index (κ3) is 46.8. The number of imidazole rings is 4. The maximum Gasteiger partial charge on any atom is 0.345 e. The molecule has 3 aromatic carbocycles. The number of halogens is 4. The molecule has 1 unspecified atom stereocenters. The second kappa shape index (κ2) is 66.1. The van der Waals surface area contributed by atoms with Gasteiger partial charge in [-0.3, -0.25) is 19.2 Å². The van der Waals surface area contributed by atoms with Crippen LogP contribution < -0.4 is 114 Å². The summed E-state index contributed by atoms with van der Waals surface area (Å²) in [6, 6.07) is 31.2. The van der Waals surface area contributed by atoms with Gasteiger partial charge in [0.25, 0.3) is 12.3 Å². The lowest BCUT2D eigenvalue weighted by Crippen LogP contribution is -3.00. The third-order valence-electron chi connectivity index (χ3n) is 20.3. The first-order valence-corrected chi connectivity index (χ1v) is 40.8. The highest BCUT2D eigenvalue weighted by Crippen LogP contribution is 2.31. The number of benzene rings is 3. The molecule has 0 saturated carbocycles. The predicted molar refractivity (Wildman–Crippen MR) is 423 cm³/mol. The molecule has 0 bridgehead atoms. The van der Waals surface area contributed by atoms with Gasteiger partial charge in [-0.25, -0.2) is 41.3 Å². The van der Waals surface area contributed by atoms with E-state index in [9.17, 15) is 24.0 Å². The molecule has 1 atom stereocenters. The van der Waals surface area contributed by atoms with Gasteiger partial charge in [-0.1, -0.05) is 234 Å². The molecule has 7 rings (SSSR count). The smallest absolute Gasteiger partial charge is 0.345 e. The Hall–Kier alpha value is -5.23. The van der Waals surface area contributed by atoms with Crippen LogP contribution in [0.3, 0.4) is 0 Å². The summed E-state index contributed by atoms with van der Waals surface area (Å²) in [5.74, 6) is -0.998. The lowest BCUT2D eigenvalue weighted by molar-refractivity contribution is -0.702. The van der Waals surface area contributed by atoms with Crippen LogP contribution in [-0.2, 0) is 75.5 Å². The summed E-state index contributed by atoms with van der Waals surface area (Å²) in [5.41, 5.74) is 8.74. The number of nitrogens with zero attached hydrogens (tertiary/aromatic N) is 8. The number of rotatable bonds is 55. The monoisotopic (exact) mass is 1970 g/mol. The van der Waals surface area contributed by atoms with Crippen molar-refractivity contribution < 1.29 is 163 Å². The third-order valence-corrected chi connectivity index (χ3v) is 20.3. The van der Waals surface area contributed by atoms with Crippen LogP contribution in [0.4, 0.5) is 0 Å². The van der Waals surface area contributed by atoms with Crippen LogP contribution in [0, 0.1) is 26.7 Å². The lowest BCUT2D eigenvalue weighted by Gasteiger charge is -2.09. The van der Waals surface area contributed by atoms with Crippen molar-refractivity contribution in [3.05, 3.63) is 152 Å². The normalized spacial score (nSPS) is 10.9. The fraction of sp³-hybridized carbons (Fsp3) is 0.602. The van der Waals surface area contributed by atoms with E-state index >= 15 is 0 Å². The van der Waals surface area contributed by atoms with E-state index in [1.807, 2.05) is 18.2 Å². The summed E-state index contributed by atoms with van der Waals surface area (Å²) in [6.45, 7) is 16.8. The lowest BCUT2D eigenvalue weighted by atomic mass is 10.0. The van der Waals surface area contributed by atoms with Gasteiger partial charge in [-0.2, -0.15) is 0 Å². The number of carboxylic acid groups (broad SMARTS) is 4. The minimum absolute atomic E-state index is 0. The van der Waals surface area contributed by atoms with E-state index in [0.717, 1.165) is 96.4 Å². The van der Waals surface area contributed by atoms with Crippen LogP contribution in [0.15, 0.2) is 135 Å². The summed E-state index contributed by atoms with van der Waals surface area (Å²) in [6.07, 6.45) is 57.0. The first-order chi connectivity index (χ1) is 51.4. The van der Waals surface area contributed by atoms with Crippen molar-refractivity contribution in [2.75, 3.05) is 0 Å². The zero-order valence-corrected chi connectivity index (χ0v) is 76.5. The summed E-state index contributed by atoms with van der Waals surface area (Å²) < 4.78 is 22.8. The van der Waals surface area contributed by atoms with Gasteiger partial charge < -0.3 is 121 Å². The van der Waals surface area contributed by atoms with E-state index in [4.69, 9.17) is 20.4 Å². The number of hydrogen-bond donors (Lipinski definition) is 4. The largest absolute Gasteiger partial charge is 1.00 e. The standard InChI is InChI=1S/C25H28N2O4.C22H40N2O2.C21H38N2O2.C20H28N2O2.4HI/c1-26-18-27(17-11-3-2-10-16-22(25(29)30)31-19-28)24(21-14-8-5-9-15-21)23(26)20-12-6-4-7-13-20;1-21-23(2)19-20-24(21)18-16-14-12-10-8-6-4-3-5-7-9-11-13-15-17-22(25)26;1-18(2)14-16-23-17-22(19(3)20(23)4)15-12-10-8-6-5-7-9-11-13-21(24)25;23-20(24)14-10-5-3-1-2-4-6-11-15-21-16-17-22(18-21)19-12-8-7-9-13-19;;;;/h4-9,12-15,18-19,22H,2-3,10-11,16-17H2,1H3;19-20H,3-18H2,1-2H3;17-18H,5-16H2,1-4H3;7-9,12-13,16-18H,1-6,10-11,14-15H2;4*1H. The summed E-state index contributed by atoms with van der Waals surface area (Å²) in [5, 5.41) is 34.8. The maximum atomic E-state index is 11.0. The van der Waals surface area contributed by atoms with Gasteiger partial charge in [0.2, 0.25) is 19.0 Å². The summed E-state index contributed by atoms with van der Waals surface area (Å²) in [7, 11) is 4.18. The SMILES string of the molecule is C[n+]1cn(CCCCCCC(OC=O)C(=O)O)c(-c2ccccc2)c1-c1ccccc1.Cc1c(C)[n+](CCCCCCCCCCC(=O)O)cn1CCC(C)C.Cc1n(CCCCCCCCCCCCCCCCC(=O)O)cc[n+]1C.O=C(O)CCCCCCCCCC[n+]1ccn(-c2ccccc2)c1.[I-].[I-].[I-].[I-]. The molecule has 618 valence electrons. The number of carbonyl (C=O) groups excluding carboxylic acids is 1. The average Bonchev–Trinajstić information content (AvgIpc) is 1.63. The van der Waals surface area contributed by atoms with Crippen molar-refractivity contribution in [2.24, 2.45) is 20.0 Å². The first-order valence-electron chi connectivity index (χ1n) is 40.8. The van der Waals surface area contributed by atoms with Crippen molar-refractivity contribution in [2.45, 2.75) is 324 Å². The van der Waals surface area contributed by atoms with Crippen molar-refractivity contribution in [3.63, 3.8) is 0 Å². The number of para-hydroxylation sites is 1. The molecule has 110 heavy (non-hydrogen) atoms. The van der Waals surface area contributed by atoms with E-state index in [1.54, 1.807) is 0 Å². The Bertz CT molecular complexity index is 3470. The number of unbranched alkanes of at least 4 members (excludes halogenated alkanes) is 30. The molecule has 0 spiro atoms. The van der Waals surface area contributed by atoms with Gasteiger partial charge in [0.05, 0.1) is 46.8 Å². The quantitative estimate of drug-likeness (QED) is 0.0131. The molecule has 4 aromatic heterocycles. The van der Waals surface area contributed by atoms with Crippen molar-refractivity contribution in [1.29, 1.82) is 0 Å². The molecule has 0 aliphatic heterocycles. The van der Waals surface area contributed by atoms with E-state index in [2.05, 4.69) is 207 Å². The number of ether oxygens (including phenoxy) is 1. The van der Waals surface area contributed by atoms with E-state index in [0.29, 0.717) is 32.1 Å². The predicted octanol–water partition coefficient (Wildman–Crippen LogP) is 7.19. The van der Waals surface area contributed by atoms with Crippen LogP contribution in [0.2, 0.25) is 0 Å². The molecule has 0 amide bonds. The van der Waals surface area contributed by atoms with Crippen molar-refractivity contribution >= 4 is 30.3 Å². The Balaban J connectivity index is 0.00000143. The minimum Gasteiger partial charge on any atom is -1.00 e. The zero-order valence-electron chi connectivity index (χ0n) is 67.9. The van der Waals surface area contributed by atoms with Gasteiger partial charge in [-0.05, 0) is 108 Å². The minimum atomic E-state index is -1.09. The molecule has 0 saturated heterocycles.